The number of nitrogens with zero attached hydrogens (tertiary/aromatic N) is 1. The lowest BCUT2D eigenvalue weighted by molar-refractivity contribution is 0.191. The van der Waals surface area contributed by atoms with E-state index in [9.17, 15) is 5.11 Å². The second-order valence-corrected chi connectivity index (χ2v) is 5.23. The van der Waals surface area contributed by atoms with Crippen LogP contribution in [0.4, 0.5) is 0 Å². The van der Waals surface area contributed by atoms with Gasteiger partial charge in [-0.3, -0.25) is 4.98 Å². The van der Waals surface area contributed by atoms with E-state index in [-0.39, 0.29) is 0 Å². The molecule has 1 N–H and O–H groups in total. The van der Waals surface area contributed by atoms with Gasteiger partial charge < -0.3 is 9.84 Å². The Kier molecular flexibility index (Phi) is 4.93. The summed E-state index contributed by atoms with van der Waals surface area (Å²) in [7, 11) is 0. The lowest BCUT2D eigenvalue weighted by Gasteiger charge is -2.14. The first kappa shape index (κ1) is 14.0. The van der Waals surface area contributed by atoms with Crippen molar-refractivity contribution in [3.63, 3.8) is 0 Å². The summed E-state index contributed by atoms with van der Waals surface area (Å²) in [6, 6.07) is 9.61. The minimum Gasteiger partial charge on any atom is -0.493 e. The van der Waals surface area contributed by atoms with Gasteiger partial charge in [0.05, 0.1) is 12.7 Å². The molecule has 19 heavy (non-hydrogen) atoms. The summed E-state index contributed by atoms with van der Waals surface area (Å²) in [6.07, 6.45) is 3.82. The Morgan fingerprint density at radius 3 is 2.68 bits per heavy atom. The van der Waals surface area contributed by atoms with Crippen molar-refractivity contribution in [2.75, 3.05) is 6.61 Å². The third-order valence-electron chi connectivity index (χ3n) is 2.82. The van der Waals surface area contributed by atoms with Crippen LogP contribution in [-0.2, 0) is 6.42 Å². The maximum atomic E-state index is 9.74. The lowest BCUT2D eigenvalue weighted by Crippen LogP contribution is -2.05. The number of rotatable bonds is 5. The predicted molar refractivity (Wildman–Crippen MR) is 78.2 cm³/mol. The van der Waals surface area contributed by atoms with E-state index in [1.54, 1.807) is 19.3 Å². The van der Waals surface area contributed by atoms with Crippen molar-refractivity contribution < 1.29 is 9.84 Å². The van der Waals surface area contributed by atoms with Gasteiger partial charge >= 0.3 is 0 Å². The molecular formula is C15H16BrNO2. The molecule has 2 aromatic rings. The van der Waals surface area contributed by atoms with Crippen LogP contribution in [-0.4, -0.2) is 16.7 Å². The van der Waals surface area contributed by atoms with Crippen LogP contribution in [0.2, 0.25) is 0 Å². The molecule has 1 aromatic carbocycles. The molecule has 4 heteroatoms. The topological polar surface area (TPSA) is 42.4 Å². The summed E-state index contributed by atoms with van der Waals surface area (Å²) in [5, 5.41) is 9.74. The molecule has 0 radical (unpaired) electrons. The summed E-state index contributed by atoms with van der Waals surface area (Å²) >= 11 is 3.40. The third-order valence-corrected chi connectivity index (χ3v) is 3.31. The first-order valence-corrected chi connectivity index (χ1v) is 6.95. The molecule has 0 saturated heterocycles. The Hall–Kier alpha value is -1.39. The van der Waals surface area contributed by atoms with Gasteiger partial charge in [-0.05, 0) is 42.8 Å². The maximum absolute atomic E-state index is 9.74. The molecule has 1 heterocycles. The molecule has 0 saturated carbocycles. The first-order chi connectivity index (χ1) is 9.16. The molecule has 100 valence electrons. The van der Waals surface area contributed by atoms with Crippen molar-refractivity contribution in [3.05, 3.63) is 58.3 Å². The van der Waals surface area contributed by atoms with Crippen LogP contribution in [0, 0.1) is 0 Å². The molecule has 0 aliphatic rings. The fourth-order valence-corrected chi connectivity index (χ4v) is 2.18. The largest absolute Gasteiger partial charge is 0.493 e. The van der Waals surface area contributed by atoms with Gasteiger partial charge in [0.1, 0.15) is 5.75 Å². The second-order valence-electron chi connectivity index (χ2n) is 4.31. The van der Waals surface area contributed by atoms with E-state index >= 15 is 0 Å². The van der Waals surface area contributed by atoms with Crippen molar-refractivity contribution in [1.29, 1.82) is 0 Å². The molecule has 0 aliphatic heterocycles. The summed E-state index contributed by atoms with van der Waals surface area (Å²) in [6.45, 7) is 2.31. The Morgan fingerprint density at radius 1 is 1.26 bits per heavy atom. The quantitative estimate of drug-likeness (QED) is 0.916. The van der Waals surface area contributed by atoms with Crippen molar-refractivity contribution in [3.8, 4) is 5.75 Å². The second kappa shape index (κ2) is 6.68. The Morgan fingerprint density at radius 2 is 2.00 bits per heavy atom. The number of aliphatic hydroxyl groups excluding tert-OH is 1. The van der Waals surface area contributed by atoms with Gasteiger partial charge in [0.15, 0.2) is 0 Å². The standard InChI is InChI=1S/C15H16BrNO2/c1-11(18)14-10-13(16)2-3-15(14)19-9-6-12-4-7-17-8-5-12/h2-5,7-8,10-11,18H,6,9H2,1H3. The number of pyridine rings is 1. The third kappa shape index (κ3) is 4.04. The van der Waals surface area contributed by atoms with Crippen molar-refractivity contribution >= 4 is 15.9 Å². The normalized spacial score (nSPS) is 12.2. The Bertz CT molecular complexity index is 529. The van der Waals surface area contributed by atoms with Crippen LogP contribution in [0.1, 0.15) is 24.2 Å². The van der Waals surface area contributed by atoms with Crippen LogP contribution >= 0.6 is 15.9 Å². The average Bonchev–Trinajstić information content (AvgIpc) is 2.41. The molecule has 0 bridgehead atoms. The van der Waals surface area contributed by atoms with E-state index in [2.05, 4.69) is 20.9 Å². The molecule has 0 aliphatic carbocycles. The minimum absolute atomic E-state index is 0.548. The predicted octanol–water partition coefficient (Wildman–Crippen LogP) is 3.52. The highest BCUT2D eigenvalue weighted by molar-refractivity contribution is 9.10. The van der Waals surface area contributed by atoms with Crippen molar-refractivity contribution in [2.24, 2.45) is 0 Å². The number of ether oxygens (including phenoxy) is 1. The zero-order chi connectivity index (χ0) is 13.7. The van der Waals surface area contributed by atoms with E-state index < -0.39 is 6.10 Å². The molecule has 1 atom stereocenters. The number of halogens is 1. The van der Waals surface area contributed by atoms with Crippen LogP contribution in [0.5, 0.6) is 5.75 Å². The van der Waals surface area contributed by atoms with E-state index in [0.29, 0.717) is 6.61 Å². The Balaban J connectivity index is 2.00. The van der Waals surface area contributed by atoms with Gasteiger partial charge in [-0.1, -0.05) is 15.9 Å². The maximum Gasteiger partial charge on any atom is 0.125 e. The summed E-state index contributed by atoms with van der Waals surface area (Å²) in [5.41, 5.74) is 1.98. The van der Waals surface area contributed by atoms with E-state index in [1.165, 1.54) is 5.56 Å². The summed E-state index contributed by atoms with van der Waals surface area (Å²) < 4.78 is 6.69. The summed E-state index contributed by atoms with van der Waals surface area (Å²) in [5.74, 6) is 0.729. The van der Waals surface area contributed by atoms with Gasteiger partial charge in [0, 0.05) is 28.9 Å². The zero-order valence-corrected chi connectivity index (χ0v) is 12.3. The van der Waals surface area contributed by atoms with E-state index in [0.717, 1.165) is 22.2 Å². The van der Waals surface area contributed by atoms with Gasteiger partial charge in [0.2, 0.25) is 0 Å². The number of benzene rings is 1. The number of aromatic nitrogens is 1. The average molecular weight is 322 g/mol. The Labute approximate surface area is 121 Å². The zero-order valence-electron chi connectivity index (χ0n) is 10.7. The molecule has 3 nitrogen and oxygen atoms in total. The number of aliphatic hydroxyl groups is 1. The molecule has 1 aromatic heterocycles. The van der Waals surface area contributed by atoms with Crippen molar-refractivity contribution in [2.45, 2.75) is 19.4 Å². The lowest BCUT2D eigenvalue weighted by atomic mass is 10.1. The fraction of sp³-hybridized carbons (Fsp3) is 0.267. The van der Waals surface area contributed by atoms with Gasteiger partial charge in [-0.15, -0.1) is 0 Å². The minimum atomic E-state index is -0.548. The molecule has 0 amide bonds. The highest BCUT2D eigenvalue weighted by Gasteiger charge is 2.09. The van der Waals surface area contributed by atoms with Gasteiger partial charge in [-0.2, -0.15) is 0 Å². The number of hydrogen-bond acceptors (Lipinski definition) is 3. The van der Waals surface area contributed by atoms with Crippen LogP contribution in [0.15, 0.2) is 47.2 Å². The molecular weight excluding hydrogens is 306 g/mol. The van der Waals surface area contributed by atoms with Crippen LogP contribution in [0.3, 0.4) is 0 Å². The van der Waals surface area contributed by atoms with Gasteiger partial charge in [0.25, 0.3) is 0 Å². The van der Waals surface area contributed by atoms with Crippen molar-refractivity contribution in [1.82, 2.24) is 4.98 Å². The molecule has 2 rings (SSSR count). The molecule has 1 unspecified atom stereocenters. The van der Waals surface area contributed by atoms with Gasteiger partial charge in [-0.25, -0.2) is 0 Å². The molecule has 0 fully saturated rings. The summed E-state index contributed by atoms with van der Waals surface area (Å²) in [4.78, 5) is 3.98. The highest BCUT2D eigenvalue weighted by atomic mass is 79.9. The van der Waals surface area contributed by atoms with E-state index in [1.807, 2.05) is 30.3 Å². The monoisotopic (exact) mass is 321 g/mol. The molecule has 0 spiro atoms. The smallest absolute Gasteiger partial charge is 0.125 e. The van der Waals surface area contributed by atoms with E-state index in [4.69, 9.17) is 4.74 Å². The number of hydrogen-bond donors (Lipinski definition) is 1. The first-order valence-electron chi connectivity index (χ1n) is 6.16. The fourth-order valence-electron chi connectivity index (χ4n) is 1.81. The highest BCUT2D eigenvalue weighted by Crippen LogP contribution is 2.28. The van der Waals surface area contributed by atoms with Crippen LogP contribution < -0.4 is 4.74 Å². The SMILES string of the molecule is CC(O)c1cc(Br)ccc1OCCc1ccncc1. The van der Waals surface area contributed by atoms with Crippen LogP contribution in [0.25, 0.3) is 0 Å².